The molecule has 0 radical (unpaired) electrons. The van der Waals surface area contributed by atoms with Crippen LogP contribution in [0.1, 0.15) is 16.8 Å². The predicted octanol–water partition coefficient (Wildman–Crippen LogP) is 2.38. The number of nitrogens with one attached hydrogen (secondary N) is 3. The smallest absolute Gasteiger partial charge is 0.272 e. The molecule has 9 heteroatoms. The number of aromatic amines is 2. The van der Waals surface area contributed by atoms with Gasteiger partial charge in [0.25, 0.3) is 5.56 Å². The van der Waals surface area contributed by atoms with E-state index in [1.807, 2.05) is 59.3 Å². The minimum Gasteiger partial charge on any atom is -0.346 e. The zero-order chi connectivity index (χ0) is 21.4. The van der Waals surface area contributed by atoms with Crippen LogP contribution >= 0.6 is 0 Å². The molecule has 0 aliphatic rings. The first-order valence-electron chi connectivity index (χ1n) is 9.69. The number of rotatable bonds is 6. The molecule has 31 heavy (non-hydrogen) atoms. The highest BCUT2D eigenvalue weighted by Gasteiger charge is 2.13. The average Bonchev–Trinajstić information content (AvgIpc) is 3.40. The number of fused-ring (bicyclic) bond motifs is 2. The van der Waals surface area contributed by atoms with E-state index < -0.39 is 10.9 Å². The van der Waals surface area contributed by atoms with Crippen LogP contribution < -0.4 is 10.3 Å². The fourth-order valence-electron chi connectivity index (χ4n) is 3.79. The molecule has 5 rings (SSSR count). The fraction of sp³-hybridized carbons (Fsp3) is 0.0909. The number of pyridine rings is 1. The SMILES string of the molecule is O=c1[nH]cc(Cc2ccc(CN[SH](=O)=O)cc2)n2cc(-c3c[nH]c4ncccc34)cc12. The van der Waals surface area contributed by atoms with Gasteiger partial charge in [-0.3, -0.25) is 4.79 Å². The first-order valence-corrected chi connectivity index (χ1v) is 10.9. The lowest BCUT2D eigenvalue weighted by atomic mass is 10.1. The minimum absolute atomic E-state index is 0.152. The summed E-state index contributed by atoms with van der Waals surface area (Å²) in [7, 11) is -2.61. The van der Waals surface area contributed by atoms with Crippen LogP contribution in [0.15, 0.2) is 72.0 Å². The van der Waals surface area contributed by atoms with E-state index >= 15 is 0 Å². The molecule has 4 aromatic heterocycles. The molecule has 8 nitrogen and oxygen atoms in total. The molecule has 0 bridgehead atoms. The number of aromatic nitrogens is 4. The Labute approximate surface area is 178 Å². The monoisotopic (exact) mass is 433 g/mol. The Morgan fingerprint density at radius 3 is 2.65 bits per heavy atom. The molecule has 0 saturated carbocycles. The second-order valence-electron chi connectivity index (χ2n) is 7.28. The molecule has 156 valence electrons. The third-order valence-electron chi connectivity index (χ3n) is 5.31. The van der Waals surface area contributed by atoms with Crippen molar-refractivity contribution in [2.45, 2.75) is 13.0 Å². The Hall–Kier alpha value is -3.69. The van der Waals surface area contributed by atoms with E-state index in [9.17, 15) is 13.2 Å². The van der Waals surface area contributed by atoms with Crippen molar-refractivity contribution >= 4 is 27.4 Å². The van der Waals surface area contributed by atoms with Gasteiger partial charge in [0.1, 0.15) is 11.2 Å². The van der Waals surface area contributed by atoms with Crippen molar-refractivity contribution < 1.29 is 8.42 Å². The molecular formula is C22H19N5O3S. The van der Waals surface area contributed by atoms with Crippen LogP contribution in [-0.2, 0) is 23.9 Å². The lowest BCUT2D eigenvalue weighted by Gasteiger charge is -2.07. The largest absolute Gasteiger partial charge is 0.346 e. The number of H-pyrrole nitrogens is 2. The maximum atomic E-state index is 12.4. The molecule has 5 aromatic rings. The molecule has 0 fully saturated rings. The van der Waals surface area contributed by atoms with Crippen LogP contribution in [0.4, 0.5) is 0 Å². The van der Waals surface area contributed by atoms with Gasteiger partial charge in [-0.05, 0) is 29.3 Å². The van der Waals surface area contributed by atoms with E-state index in [0.29, 0.717) is 11.9 Å². The summed E-state index contributed by atoms with van der Waals surface area (Å²) in [4.78, 5) is 22.8. The Morgan fingerprint density at radius 2 is 1.84 bits per heavy atom. The summed E-state index contributed by atoms with van der Waals surface area (Å²) < 4.78 is 25.7. The van der Waals surface area contributed by atoms with Crippen LogP contribution in [0.25, 0.3) is 27.7 Å². The van der Waals surface area contributed by atoms with Crippen molar-refractivity contribution in [1.29, 1.82) is 0 Å². The molecule has 0 spiro atoms. The molecule has 0 saturated heterocycles. The highest BCUT2D eigenvalue weighted by molar-refractivity contribution is 7.70. The first kappa shape index (κ1) is 19.3. The van der Waals surface area contributed by atoms with Crippen LogP contribution in [-0.4, -0.2) is 27.8 Å². The highest BCUT2D eigenvalue weighted by atomic mass is 32.2. The standard InChI is InChI=1S/C22H19N5O3S/c28-22-20-9-16(19-12-24-21-18(19)2-1-7-23-21)13-27(20)17(11-25-22)8-14-3-5-15(6-4-14)10-26-31(29)30/h1-7,9,11-13,31H,8,10H2,(H,23,24)(H,25,28)(H,26,29,30). The van der Waals surface area contributed by atoms with E-state index in [1.54, 1.807) is 12.4 Å². The molecule has 0 aliphatic carbocycles. The third-order valence-corrected chi connectivity index (χ3v) is 5.73. The van der Waals surface area contributed by atoms with Crippen molar-refractivity contribution in [3.05, 3.63) is 94.4 Å². The van der Waals surface area contributed by atoms with Crippen LogP contribution in [0, 0.1) is 0 Å². The van der Waals surface area contributed by atoms with Gasteiger partial charge in [0.05, 0.1) is 0 Å². The number of hydrogen-bond acceptors (Lipinski definition) is 4. The van der Waals surface area contributed by atoms with Gasteiger partial charge in [-0.1, -0.05) is 24.3 Å². The van der Waals surface area contributed by atoms with E-state index in [1.165, 1.54) is 0 Å². The Morgan fingerprint density at radius 1 is 1.03 bits per heavy atom. The highest BCUT2D eigenvalue weighted by Crippen LogP contribution is 2.29. The first-order chi connectivity index (χ1) is 15.1. The van der Waals surface area contributed by atoms with Crippen LogP contribution in [0.2, 0.25) is 0 Å². The van der Waals surface area contributed by atoms with Crippen molar-refractivity contribution in [3.8, 4) is 11.1 Å². The maximum Gasteiger partial charge on any atom is 0.272 e. The second-order valence-corrected chi connectivity index (χ2v) is 8.11. The Balaban J connectivity index is 1.50. The summed E-state index contributed by atoms with van der Waals surface area (Å²) in [6.45, 7) is 0.266. The topological polar surface area (TPSA) is 112 Å². The quantitative estimate of drug-likeness (QED) is 0.308. The molecule has 0 aliphatic heterocycles. The minimum atomic E-state index is -2.61. The average molecular weight is 433 g/mol. The lowest BCUT2D eigenvalue weighted by molar-refractivity contribution is 0.601. The van der Waals surface area contributed by atoms with Crippen LogP contribution in [0.3, 0.4) is 0 Å². The van der Waals surface area contributed by atoms with E-state index in [4.69, 9.17) is 0 Å². The van der Waals surface area contributed by atoms with E-state index in [-0.39, 0.29) is 12.1 Å². The molecule has 1 aromatic carbocycles. The van der Waals surface area contributed by atoms with E-state index in [0.717, 1.165) is 39.0 Å². The molecular weight excluding hydrogens is 414 g/mol. The van der Waals surface area contributed by atoms with Crippen molar-refractivity contribution in [2.75, 3.05) is 0 Å². The summed E-state index contributed by atoms with van der Waals surface area (Å²) in [5.74, 6) is 0. The zero-order valence-corrected chi connectivity index (χ0v) is 17.2. The Kier molecular flexibility index (Phi) is 4.89. The Bertz CT molecular complexity index is 1520. The normalized spacial score (nSPS) is 11.6. The van der Waals surface area contributed by atoms with Gasteiger partial charge in [0.2, 0.25) is 10.9 Å². The summed E-state index contributed by atoms with van der Waals surface area (Å²) in [5, 5.41) is 1.00. The molecule has 0 atom stereocenters. The van der Waals surface area contributed by atoms with Gasteiger partial charge >= 0.3 is 0 Å². The molecule has 0 unspecified atom stereocenters. The number of thiol groups is 1. The van der Waals surface area contributed by atoms with Gasteiger partial charge in [-0.2, -0.15) is 0 Å². The van der Waals surface area contributed by atoms with Gasteiger partial charge in [-0.15, -0.1) is 0 Å². The van der Waals surface area contributed by atoms with Gasteiger partial charge in [-0.25, -0.2) is 18.1 Å². The number of benzene rings is 1. The summed E-state index contributed by atoms with van der Waals surface area (Å²) in [5.41, 5.74) is 6.02. The summed E-state index contributed by atoms with van der Waals surface area (Å²) >= 11 is 0. The third kappa shape index (κ3) is 3.76. The second kappa shape index (κ2) is 7.86. The molecule has 0 amide bonds. The van der Waals surface area contributed by atoms with Crippen molar-refractivity contribution in [3.63, 3.8) is 0 Å². The summed E-state index contributed by atoms with van der Waals surface area (Å²) in [6, 6.07) is 13.5. The van der Waals surface area contributed by atoms with E-state index in [2.05, 4.69) is 19.7 Å². The molecule has 3 N–H and O–H groups in total. The zero-order valence-electron chi connectivity index (χ0n) is 16.3. The predicted molar refractivity (Wildman–Crippen MR) is 120 cm³/mol. The number of nitrogens with zero attached hydrogens (tertiary/aromatic N) is 2. The van der Waals surface area contributed by atoms with Gasteiger partial charge in [0.15, 0.2) is 0 Å². The van der Waals surface area contributed by atoms with Gasteiger partial charge < -0.3 is 14.4 Å². The van der Waals surface area contributed by atoms with Crippen LogP contribution in [0.5, 0.6) is 0 Å². The van der Waals surface area contributed by atoms with Gasteiger partial charge in [0, 0.05) is 60.0 Å². The maximum absolute atomic E-state index is 12.4. The fourth-order valence-corrected chi connectivity index (χ4v) is 4.10. The summed E-state index contributed by atoms with van der Waals surface area (Å²) in [6.07, 6.45) is 7.96. The van der Waals surface area contributed by atoms with Crippen molar-refractivity contribution in [2.24, 2.45) is 0 Å². The molecule has 4 heterocycles. The lowest BCUT2D eigenvalue weighted by Crippen LogP contribution is -2.12. The van der Waals surface area contributed by atoms with Crippen molar-refractivity contribution in [1.82, 2.24) is 24.1 Å². The number of hydrogen-bond donors (Lipinski definition) is 4.